The van der Waals surface area contributed by atoms with Gasteiger partial charge in [-0.1, -0.05) is 11.6 Å². The number of aromatic nitrogens is 3. The average Bonchev–Trinajstić information content (AvgIpc) is 2.77. The van der Waals surface area contributed by atoms with Crippen LogP contribution in [0.15, 0.2) is 18.2 Å². The number of alkyl halides is 3. The molecule has 0 aliphatic rings. The van der Waals surface area contributed by atoms with E-state index in [4.69, 9.17) is 23.8 Å². The van der Waals surface area contributed by atoms with Gasteiger partial charge in [-0.05, 0) is 44.3 Å². The van der Waals surface area contributed by atoms with Gasteiger partial charge in [0.25, 0.3) is 0 Å². The fraction of sp³-hybridized carbons (Fsp3) is 0.429. The predicted octanol–water partition coefficient (Wildman–Crippen LogP) is 4.46. The van der Waals surface area contributed by atoms with Gasteiger partial charge in [0.15, 0.2) is 0 Å². The van der Waals surface area contributed by atoms with E-state index in [1.165, 1.54) is 13.1 Å². The van der Waals surface area contributed by atoms with Crippen LogP contribution in [-0.2, 0) is 13.2 Å². The van der Waals surface area contributed by atoms with Crippen molar-refractivity contribution in [3.8, 4) is 5.69 Å². The number of rotatable bonds is 4. The summed E-state index contributed by atoms with van der Waals surface area (Å²) < 4.78 is 41.3. The number of aryl methyl sites for hydroxylation is 1. The van der Waals surface area contributed by atoms with Crippen molar-refractivity contribution >= 4 is 29.5 Å². The summed E-state index contributed by atoms with van der Waals surface area (Å²) in [4.78, 5) is 2.04. The zero-order chi connectivity index (χ0) is 17.4. The molecule has 1 heterocycles. The van der Waals surface area contributed by atoms with Crippen LogP contribution in [0, 0.1) is 4.77 Å². The third-order valence-electron chi connectivity index (χ3n) is 3.48. The van der Waals surface area contributed by atoms with Crippen molar-refractivity contribution in [1.82, 2.24) is 14.3 Å². The molecule has 2 rings (SSSR count). The summed E-state index contributed by atoms with van der Waals surface area (Å²) in [5.74, 6) is -1.09. The highest BCUT2D eigenvalue weighted by molar-refractivity contribution is 7.71. The minimum Gasteiger partial charge on any atom is -0.372 e. The lowest BCUT2D eigenvalue weighted by Crippen LogP contribution is -2.21. The molecule has 4 nitrogen and oxygen atoms in total. The zero-order valence-corrected chi connectivity index (χ0v) is 14.4. The van der Waals surface area contributed by atoms with Gasteiger partial charge in [0.05, 0.1) is 10.7 Å². The molecule has 0 amide bonds. The molecule has 0 atom stereocenters. The van der Waals surface area contributed by atoms with Crippen LogP contribution in [0.3, 0.4) is 0 Å². The summed E-state index contributed by atoms with van der Waals surface area (Å²) >= 11 is 11.3. The summed E-state index contributed by atoms with van der Waals surface area (Å²) in [6, 6.07) is 4.89. The summed E-state index contributed by atoms with van der Waals surface area (Å²) in [5.41, 5.74) is 1.00. The van der Waals surface area contributed by atoms with Crippen molar-refractivity contribution < 1.29 is 13.2 Å². The van der Waals surface area contributed by atoms with Crippen molar-refractivity contribution in [3.63, 3.8) is 0 Å². The molecule has 0 saturated heterocycles. The SMILES string of the molecule is CCN(CC)c1ccc(-n2c(C(F)(F)F)nn(C)c2=S)c(Cl)c1. The van der Waals surface area contributed by atoms with E-state index in [-0.39, 0.29) is 15.5 Å². The van der Waals surface area contributed by atoms with E-state index in [2.05, 4.69) is 5.10 Å². The van der Waals surface area contributed by atoms with Gasteiger partial charge in [0.1, 0.15) is 0 Å². The van der Waals surface area contributed by atoms with Gasteiger partial charge >= 0.3 is 6.18 Å². The highest BCUT2D eigenvalue weighted by atomic mass is 35.5. The van der Waals surface area contributed by atoms with E-state index in [0.717, 1.165) is 28.0 Å². The van der Waals surface area contributed by atoms with Gasteiger partial charge in [-0.2, -0.15) is 13.2 Å². The lowest BCUT2D eigenvalue weighted by Gasteiger charge is -2.22. The van der Waals surface area contributed by atoms with Crippen LogP contribution in [0.2, 0.25) is 5.02 Å². The van der Waals surface area contributed by atoms with Gasteiger partial charge in [0.2, 0.25) is 10.6 Å². The van der Waals surface area contributed by atoms with Crippen LogP contribution >= 0.6 is 23.8 Å². The molecule has 0 spiro atoms. The molecule has 0 saturated carbocycles. The summed E-state index contributed by atoms with van der Waals surface area (Å²) in [6.07, 6.45) is -4.63. The van der Waals surface area contributed by atoms with E-state index < -0.39 is 12.0 Å². The number of halogens is 4. The molecule has 0 aliphatic carbocycles. The van der Waals surface area contributed by atoms with Crippen molar-refractivity contribution in [2.45, 2.75) is 20.0 Å². The first-order valence-electron chi connectivity index (χ1n) is 6.98. The zero-order valence-electron chi connectivity index (χ0n) is 12.9. The van der Waals surface area contributed by atoms with Gasteiger partial charge in [-0.25, -0.2) is 4.68 Å². The molecule has 0 bridgehead atoms. The average molecular weight is 365 g/mol. The molecule has 126 valence electrons. The number of hydrogen-bond acceptors (Lipinski definition) is 3. The first kappa shape index (κ1) is 17.8. The van der Waals surface area contributed by atoms with E-state index in [1.54, 1.807) is 12.1 Å². The molecule has 0 radical (unpaired) electrons. The first-order valence-corrected chi connectivity index (χ1v) is 7.77. The second kappa shape index (κ2) is 6.52. The van der Waals surface area contributed by atoms with Crippen molar-refractivity contribution in [2.75, 3.05) is 18.0 Å². The Morgan fingerprint density at radius 3 is 2.35 bits per heavy atom. The Labute approximate surface area is 142 Å². The first-order chi connectivity index (χ1) is 10.7. The van der Waals surface area contributed by atoms with Crippen LogP contribution in [0.5, 0.6) is 0 Å². The molecule has 1 aromatic heterocycles. The second-order valence-electron chi connectivity index (χ2n) is 4.87. The van der Waals surface area contributed by atoms with Crippen molar-refractivity contribution in [2.24, 2.45) is 7.05 Å². The molecule has 9 heteroatoms. The molecular formula is C14H16ClF3N4S. The minimum absolute atomic E-state index is 0.0742. The smallest absolute Gasteiger partial charge is 0.372 e. The fourth-order valence-corrected chi connectivity index (χ4v) is 2.81. The normalized spacial score (nSPS) is 11.8. The van der Waals surface area contributed by atoms with Crippen molar-refractivity contribution in [1.29, 1.82) is 0 Å². The monoisotopic (exact) mass is 364 g/mol. The molecule has 0 fully saturated rings. The van der Waals surface area contributed by atoms with Gasteiger partial charge in [-0.3, -0.25) is 4.57 Å². The van der Waals surface area contributed by atoms with E-state index in [9.17, 15) is 13.2 Å². The topological polar surface area (TPSA) is 26.0 Å². The molecule has 0 aliphatic heterocycles. The lowest BCUT2D eigenvalue weighted by atomic mass is 10.2. The van der Waals surface area contributed by atoms with Crippen LogP contribution in [0.25, 0.3) is 5.69 Å². The molecule has 0 N–H and O–H groups in total. The third-order valence-corrected chi connectivity index (χ3v) is 4.23. The van der Waals surface area contributed by atoms with E-state index in [1.807, 2.05) is 18.7 Å². The van der Waals surface area contributed by atoms with Crippen LogP contribution in [0.4, 0.5) is 18.9 Å². The Balaban J connectivity index is 2.63. The Hall–Kier alpha value is -1.54. The lowest BCUT2D eigenvalue weighted by molar-refractivity contribution is -0.146. The largest absolute Gasteiger partial charge is 0.452 e. The quantitative estimate of drug-likeness (QED) is 0.749. The van der Waals surface area contributed by atoms with Crippen LogP contribution in [0.1, 0.15) is 19.7 Å². The summed E-state index contributed by atoms with van der Waals surface area (Å²) in [7, 11) is 1.37. The maximum atomic E-state index is 13.2. The highest BCUT2D eigenvalue weighted by Gasteiger charge is 2.38. The number of nitrogens with zero attached hydrogens (tertiary/aromatic N) is 4. The van der Waals surface area contributed by atoms with Crippen LogP contribution in [-0.4, -0.2) is 27.4 Å². The Kier molecular flexibility index (Phi) is 5.05. The second-order valence-corrected chi connectivity index (χ2v) is 5.64. The van der Waals surface area contributed by atoms with Crippen LogP contribution < -0.4 is 4.90 Å². The van der Waals surface area contributed by atoms with E-state index in [0.29, 0.717) is 0 Å². The maximum absolute atomic E-state index is 13.2. The molecular weight excluding hydrogens is 349 g/mol. The van der Waals surface area contributed by atoms with Crippen molar-refractivity contribution in [3.05, 3.63) is 33.8 Å². The fourth-order valence-electron chi connectivity index (χ4n) is 2.33. The maximum Gasteiger partial charge on any atom is 0.452 e. The Morgan fingerprint density at radius 1 is 1.26 bits per heavy atom. The minimum atomic E-state index is -4.63. The predicted molar refractivity (Wildman–Crippen MR) is 86.9 cm³/mol. The Morgan fingerprint density at radius 2 is 1.87 bits per heavy atom. The number of anilines is 1. The highest BCUT2D eigenvalue weighted by Crippen LogP contribution is 2.33. The number of benzene rings is 1. The van der Waals surface area contributed by atoms with Gasteiger partial charge in [0, 0.05) is 25.8 Å². The van der Waals surface area contributed by atoms with Gasteiger partial charge in [-0.15, -0.1) is 5.10 Å². The third kappa shape index (κ3) is 3.37. The molecule has 23 heavy (non-hydrogen) atoms. The Bertz CT molecular complexity index is 762. The van der Waals surface area contributed by atoms with Gasteiger partial charge < -0.3 is 4.90 Å². The summed E-state index contributed by atoms with van der Waals surface area (Å²) in [5, 5.41) is 3.65. The number of hydrogen-bond donors (Lipinski definition) is 0. The molecule has 0 unspecified atom stereocenters. The molecule has 1 aromatic carbocycles. The molecule has 2 aromatic rings. The van der Waals surface area contributed by atoms with E-state index >= 15 is 0 Å². The summed E-state index contributed by atoms with van der Waals surface area (Å²) in [6.45, 7) is 5.52. The standard InChI is InChI=1S/C14H16ClF3N4S/c1-4-21(5-2)9-6-7-11(10(15)8-9)22-12(14(16,17)18)19-20(3)13(22)23/h6-8H,4-5H2,1-3H3.